The van der Waals surface area contributed by atoms with Crippen LogP contribution < -0.4 is 5.63 Å². The number of aryl methyl sites for hydroxylation is 3. The zero-order valence-electron chi connectivity index (χ0n) is 16.3. The van der Waals surface area contributed by atoms with Gasteiger partial charge in [0.2, 0.25) is 0 Å². The Balaban J connectivity index is 1.62. The second kappa shape index (κ2) is 6.70. The summed E-state index contributed by atoms with van der Waals surface area (Å²) in [5.74, 6) is 1.27. The molecule has 0 bridgehead atoms. The third kappa shape index (κ3) is 3.07. The van der Waals surface area contributed by atoms with Crippen LogP contribution in [0.5, 0.6) is 0 Å². The first-order valence-electron chi connectivity index (χ1n) is 9.28. The van der Waals surface area contributed by atoms with E-state index in [1.807, 2.05) is 44.2 Å². The molecule has 0 fully saturated rings. The standard InChI is InChI=1S/C22H18N4O2S/c1-12-8-17-15(10-20(27)28-19(17)9-13(12)2)11-29-22-24-18-7-5-4-6-16(18)21-23-14(3)25-26(21)22/h4-10H,11H2,1-3H3. The van der Waals surface area contributed by atoms with E-state index >= 15 is 0 Å². The maximum atomic E-state index is 12.1. The van der Waals surface area contributed by atoms with Gasteiger partial charge in [0.05, 0.1) is 5.52 Å². The summed E-state index contributed by atoms with van der Waals surface area (Å²) in [6, 6.07) is 13.5. The van der Waals surface area contributed by atoms with Gasteiger partial charge in [-0.15, -0.1) is 5.10 Å². The smallest absolute Gasteiger partial charge is 0.336 e. The number of thioether (sulfide) groups is 1. The van der Waals surface area contributed by atoms with Crippen molar-refractivity contribution in [2.75, 3.05) is 0 Å². The van der Waals surface area contributed by atoms with Crippen LogP contribution in [0, 0.1) is 20.8 Å². The molecule has 0 saturated carbocycles. The van der Waals surface area contributed by atoms with Crippen LogP contribution in [0.4, 0.5) is 0 Å². The summed E-state index contributed by atoms with van der Waals surface area (Å²) in [7, 11) is 0. The Morgan fingerprint density at radius 1 is 1.00 bits per heavy atom. The Bertz CT molecular complexity index is 1470. The summed E-state index contributed by atoms with van der Waals surface area (Å²) < 4.78 is 7.20. The highest BCUT2D eigenvalue weighted by Crippen LogP contribution is 2.29. The van der Waals surface area contributed by atoms with Crippen LogP contribution in [-0.2, 0) is 5.75 Å². The second-order valence-corrected chi connectivity index (χ2v) is 8.06. The van der Waals surface area contributed by atoms with Gasteiger partial charge in [-0.25, -0.2) is 14.8 Å². The fraction of sp³-hybridized carbons (Fsp3) is 0.182. The summed E-state index contributed by atoms with van der Waals surface area (Å²) in [6.45, 7) is 5.94. The number of benzene rings is 2. The molecule has 0 N–H and O–H groups in total. The van der Waals surface area contributed by atoms with Crippen molar-refractivity contribution < 1.29 is 4.42 Å². The third-order valence-electron chi connectivity index (χ3n) is 5.06. The number of aromatic nitrogens is 4. The Morgan fingerprint density at radius 2 is 1.79 bits per heavy atom. The van der Waals surface area contributed by atoms with Crippen molar-refractivity contribution in [1.82, 2.24) is 19.6 Å². The van der Waals surface area contributed by atoms with Crippen molar-refractivity contribution in [3.63, 3.8) is 0 Å². The van der Waals surface area contributed by atoms with Crippen molar-refractivity contribution in [1.29, 1.82) is 0 Å². The van der Waals surface area contributed by atoms with E-state index in [1.54, 1.807) is 10.6 Å². The molecule has 2 aromatic carbocycles. The minimum absolute atomic E-state index is 0.343. The monoisotopic (exact) mass is 402 g/mol. The molecule has 0 atom stereocenters. The van der Waals surface area contributed by atoms with Crippen LogP contribution in [-0.4, -0.2) is 19.6 Å². The predicted octanol–water partition coefficient (Wildman–Crippen LogP) is 4.60. The summed E-state index contributed by atoms with van der Waals surface area (Å²) >= 11 is 1.53. The van der Waals surface area contributed by atoms with E-state index in [9.17, 15) is 4.79 Å². The average molecular weight is 402 g/mol. The van der Waals surface area contributed by atoms with Gasteiger partial charge in [-0.05, 0) is 61.7 Å². The zero-order chi connectivity index (χ0) is 20.1. The van der Waals surface area contributed by atoms with Gasteiger partial charge in [0.15, 0.2) is 10.8 Å². The first kappa shape index (κ1) is 17.9. The topological polar surface area (TPSA) is 73.3 Å². The lowest BCUT2D eigenvalue weighted by atomic mass is 10.0. The minimum Gasteiger partial charge on any atom is -0.423 e. The van der Waals surface area contributed by atoms with Gasteiger partial charge < -0.3 is 4.42 Å². The van der Waals surface area contributed by atoms with Gasteiger partial charge in [-0.1, -0.05) is 23.9 Å². The van der Waals surface area contributed by atoms with Crippen LogP contribution in [0.25, 0.3) is 27.5 Å². The molecule has 144 valence electrons. The maximum Gasteiger partial charge on any atom is 0.336 e. The van der Waals surface area contributed by atoms with Crippen LogP contribution in [0.15, 0.2) is 56.8 Å². The number of para-hydroxylation sites is 1. The molecular weight excluding hydrogens is 384 g/mol. The van der Waals surface area contributed by atoms with Crippen molar-refractivity contribution >= 4 is 39.3 Å². The van der Waals surface area contributed by atoms with Gasteiger partial charge >= 0.3 is 5.63 Å². The van der Waals surface area contributed by atoms with E-state index in [1.165, 1.54) is 11.8 Å². The summed E-state index contributed by atoms with van der Waals surface area (Å²) in [6.07, 6.45) is 0. The van der Waals surface area contributed by atoms with E-state index in [2.05, 4.69) is 23.1 Å². The molecule has 5 rings (SSSR count). The highest BCUT2D eigenvalue weighted by Gasteiger charge is 2.14. The molecule has 5 aromatic rings. The van der Waals surface area contributed by atoms with Gasteiger partial charge in [0, 0.05) is 22.6 Å². The zero-order valence-corrected chi connectivity index (χ0v) is 17.1. The number of hydrogen-bond acceptors (Lipinski definition) is 6. The molecule has 3 heterocycles. The van der Waals surface area contributed by atoms with Gasteiger partial charge in [0.1, 0.15) is 11.4 Å². The minimum atomic E-state index is -0.343. The van der Waals surface area contributed by atoms with E-state index in [0.717, 1.165) is 43.8 Å². The lowest BCUT2D eigenvalue weighted by molar-refractivity contribution is 0.559. The summed E-state index contributed by atoms with van der Waals surface area (Å²) in [5, 5.41) is 7.18. The highest BCUT2D eigenvalue weighted by molar-refractivity contribution is 7.98. The molecule has 6 nitrogen and oxygen atoms in total. The van der Waals surface area contributed by atoms with E-state index < -0.39 is 0 Å². The molecule has 0 radical (unpaired) electrons. The maximum absolute atomic E-state index is 12.1. The molecule has 0 aliphatic rings. The summed E-state index contributed by atoms with van der Waals surface area (Å²) in [5.41, 5.74) is 5.12. The number of fused-ring (bicyclic) bond motifs is 4. The molecule has 0 saturated heterocycles. The van der Waals surface area contributed by atoms with Gasteiger partial charge in [-0.3, -0.25) is 0 Å². The molecule has 0 aliphatic heterocycles. The van der Waals surface area contributed by atoms with Gasteiger partial charge in [-0.2, -0.15) is 4.52 Å². The fourth-order valence-corrected chi connectivity index (χ4v) is 4.41. The van der Waals surface area contributed by atoms with Crippen molar-refractivity contribution in [2.45, 2.75) is 31.7 Å². The molecule has 0 amide bonds. The van der Waals surface area contributed by atoms with E-state index in [0.29, 0.717) is 17.2 Å². The lowest BCUT2D eigenvalue weighted by Crippen LogP contribution is -2.02. The molecular formula is C22H18N4O2S. The Morgan fingerprint density at radius 3 is 2.66 bits per heavy atom. The quantitative estimate of drug-likeness (QED) is 0.249. The van der Waals surface area contributed by atoms with Crippen molar-refractivity contribution in [3.8, 4) is 0 Å². The lowest BCUT2D eigenvalue weighted by Gasteiger charge is -2.09. The van der Waals surface area contributed by atoms with E-state index in [4.69, 9.17) is 9.40 Å². The van der Waals surface area contributed by atoms with Gasteiger partial charge in [0.25, 0.3) is 0 Å². The molecule has 0 spiro atoms. The van der Waals surface area contributed by atoms with Crippen LogP contribution in [0.3, 0.4) is 0 Å². The molecule has 0 aliphatic carbocycles. The molecule has 3 aromatic heterocycles. The third-order valence-corrected chi connectivity index (χ3v) is 6.03. The van der Waals surface area contributed by atoms with Crippen LogP contribution in [0.1, 0.15) is 22.5 Å². The molecule has 7 heteroatoms. The average Bonchev–Trinajstić information content (AvgIpc) is 3.09. The number of hydrogen-bond donors (Lipinski definition) is 0. The largest absolute Gasteiger partial charge is 0.423 e. The number of rotatable bonds is 3. The number of nitrogens with zero attached hydrogens (tertiary/aromatic N) is 4. The fourth-order valence-electron chi connectivity index (χ4n) is 3.47. The van der Waals surface area contributed by atoms with Crippen LogP contribution >= 0.6 is 11.8 Å². The normalized spacial score (nSPS) is 11.7. The van der Waals surface area contributed by atoms with Crippen LogP contribution in [0.2, 0.25) is 0 Å². The first-order chi connectivity index (χ1) is 14.0. The predicted molar refractivity (Wildman–Crippen MR) is 115 cm³/mol. The van der Waals surface area contributed by atoms with E-state index in [-0.39, 0.29) is 5.63 Å². The SMILES string of the molecule is Cc1nc2c3ccccc3nc(SCc3cc(=O)oc4cc(C)c(C)cc34)n2n1. The highest BCUT2D eigenvalue weighted by atomic mass is 32.2. The Labute approximate surface area is 170 Å². The van der Waals surface area contributed by atoms with Crippen molar-refractivity contribution in [3.05, 3.63) is 75.4 Å². The molecule has 0 unspecified atom stereocenters. The molecule has 29 heavy (non-hydrogen) atoms. The van der Waals surface area contributed by atoms with Crippen molar-refractivity contribution in [2.24, 2.45) is 0 Å². The second-order valence-electron chi connectivity index (χ2n) is 7.12. The summed E-state index contributed by atoms with van der Waals surface area (Å²) in [4.78, 5) is 21.4. The first-order valence-corrected chi connectivity index (χ1v) is 10.3. The Kier molecular flexibility index (Phi) is 4.13. The Hall–Kier alpha value is -3.19.